The van der Waals surface area contributed by atoms with Gasteiger partial charge >= 0.3 is 5.97 Å². The van der Waals surface area contributed by atoms with Gasteiger partial charge in [0.05, 0.1) is 20.8 Å². The molecule has 3 rings (SSSR count). The fourth-order valence-corrected chi connectivity index (χ4v) is 5.20. The summed E-state index contributed by atoms with van der Waals surface area (Å²) < 4.78 is 22.8. The van der Waals surface area contributed by atoms with Crippen molar-refractivity contribution in [3.63, 3.8) is 0 Å². The van der Waals surface area contributed by atoms with E-state index in [0.717, 1.165) is 62.0 Å². The van der Waals surface area contributed by atoms with E-state index in [9.17, 15) is 9.90 Å². The van der Waals surface area contributed by atoms with Gasteiger partial charge in [0, 0.05) is 11.1 Å². The molecule has 0 aromatic heterocycles. The van der Waals surface area contributed by atoms with Gasteiger partial charge in [-0.2, -0.15) is 0 Å². The number of phenolic OH excluding ortho intramolecular Hbond substituents is 1. The van der Waals surface area contributed by atoms with Crippen LogP contribution in [0.4, 0.5) is 0 Å². The van der Waals surface area contributed by atoms with Gasteiger partial charge in [0.2, 0.25) is 0 Å². The van der Waals surface area contributed by atoms with Crippen molar-refractivity contribution in [2.75, 3.05) is 20.8 Å². The molecule has 6 heteroatoms. The predicted molar refractivity (Wildman–Crippen MR) is 163 cm³/mol. The molecule has 0 aliphatic heterocycles. The number of ether oxygens (including phenoxy) is 4. The first kappa shape index (κ1) is 31.9. The molecule has 222 valence electrons. The van der Waals surface area contributed by atoms with E-state index in [-0.39, 0.29) is 17.9 Å². The summed E-state index contributed by atoms with van der Waals surface area (Å²) in [5, 5.41) is 10.9. The van der Waals surface area contributed by atoms with Crippen molar-refractivity contribution < 1.29 is 28.8 Å². The van der Waals surface area contributed by atoms with Gasteiger partial charge in [-0.05, 0) is 55.4 Å². The van der Waals surface area contributed by atoms with Crippen LogP contribution in [0, 0.1) is 0 Å². The third kappa shape index (κ3) is 9.17. The van der Waals surface area contributed by atoms with Crippen LogP contribution in [0.2, 0.25) is 0 Å². The molecule has 0 fully saturated rings. The zero-order chi connectivity index (χ0) is 29.5. The molecular weight excluding hydrogens is 516 g/mol. The smallest absolute Gasteiger partial charge is 0.342 e. The van der Waals surface area contributed by atoms with E-state index >= 15 is 0 Å². The average molecular weight is 563 g/mol. The summed E-state index contributed by atoms with van der Waals surface area (Å²) in [4.78, 5) is 12.7. The van der Waals surface area contributed by atoms with Crippen LogP contribution in [-0.4, -0.2) is 31.9 Å². The minimum absolute atomic E-state index is 0.0478. The number of carbonyl (C=O) groups excluding carboxylic acids is 1. The summed E-state index contributed by atoms with van der Waals surface area (Å²) >= 11 is 0. The second kappa shape index (κ2) is 17.2. The number of phenols is 1. The van der Waals surface area contributed by atoms with E-state index in [1.807, 2.05) is 49.4 Å². The highest BCUT2D eigenvalue weighted by Gasteiger charge is 2.21. The number of rotatable bonds is 18. The summed E-state index contributed by atoms with van der Waals surface area (Å²) in [7, 11) is 3.39. The highest BCUT2D eigenvalue weighted by Crippen LogP contribution is 2.40. The molecule has 3 aromatic carbocycles. The molecule has 1 atom stereocenters. The quantitative estimate of drug-likeness (QED) is 0.124. The molecule has 1 unspecified atom stereocenters. The summed E-state index contributed by atoms with van der Waals surface area (Å²) in [6.07, 6.45) is 8.98. The third-order valence-electron chi connectivity index (χ3n) is 7.41. The van der Waals surface area contributed by atoms with Crippen LogP contribution < -0.4 is 14.2 Å². The zero-order valence-electron chi connectivity index (χ0n) is 25.1. The maximum atomic E-state index is 12.7. The van der Waals surface area contributed by atoms with Crippen molar-refractivity contribution in [2.24, 2.45) is 0 Å². The van der Waals surface area contributed by atoms with Gasteiger partial charge in [0.15, 0.2) is 11.5 Å². The Bertz CT molecular complexity index is 1210. The number of hydrogen-bond donors (Lipinski definition) is 1. The third-order valence-corrected chi connectivity index (χ3v) is 7.41. The first-order chi connectivity index (χ1) is 20.0. The molecule has 3 aromatic rings. The van der Waals surface area contributed by atoms with Crippen molar-refractivity contribution in [1.82, 2.24) is 0 Å². The number of hydrogen-bond acceptors (Lipinski definition) is 6. The van der Waals surface area contributed by atoms with Crippen molar-refractivity contribution >= 4 is 5.97 Å². The van der Waals surface area contributed by atoms with Gasteiger partial charge in [0.25, 0.3) is 0 Å². The molecule has 0 radical (unpaired) electrons. The van der Waals surface area contributed by atoms with Crippen LogP contribution in [0.25, 0.3) is 0 Å². The van der Waals surface area contributed by atoms with Gasteiger partial charge in [0.1, 0.15) is 23.7 Å². The lowest BCUT2D eigenvalue weighted by Crippen LogP contribution is -2.08. The monoisotopic (exact) mass is 562 g/mol. The number of esters is 1. The standard InChI is InChI=1S/C35H46O6/c1-5-7-18-27(28-20-14-21-32(38-3)34(28)39-4)19-12-9-13-24-40-31-23-22-30(33(36)29(31)15-6-2)35(37)41-25-26-16-10-8-11-17-26/h8,10-11,14,16-17,20-23,27,36H,5-7,9,12-13,15,18-19,24-25H2,1-4H3. The van der Waals surface area contributed by atoms with Crippen LogP contribution in [0.1, 0.15) is 98.2 Å². The molecule has 0 aliphatic rings. The van der Waals surface area contributed by atoms with Gasteiger partial charge in [-0.3, -0.25) is 0 Å². The Balaban J connectivity index is 1.55. The second-order valence-corrected chi connectivity index (χ2v) is 10.4. The largest absolute Gasteiger partial charge is 0.507 e. The molecule has 1 N–H and O–H groups in total. The highest BCUT2D eigenvalue weighted by atomic mass is 16.5. The minimum atomic E-state index is -0.541. The zero-order valence-corrected chi connectivity index (χ0v) is 25.1. The summed E-state index contributed by atoms with van der Waals surface area (Å²) in [6, 6.07) is 19.0. The maximum Gasteiger partial charge on any atom is 0.342 e. The first-order valence-corrected chi connectivity index (χ1v) is 14.9. The summed E-state index contributed by atoms with van der Waals surface area (Å²) in [5.41, 5.74) is 2.95. The Morgan fingerprint density at radius 3 is 2.29 bits per heavy atom. The Kier molecular flexibility index (Phi) is 13.4. The Morgan fingerprint density at radius 2 is 1.59 bits per heavy atom. The SMILES string of the molecule is CCCCC(CCCCCOc1ccc(C(=O)OCc2ccccc2)c(O)c1CCC)c1cccc(OC)c1OC. The van der Waals surface area contributed by atoms with Gasteiger partial charge in [-0.1, -0.05) is 88.4 Å². The van der Waals surface area contributed by atoms with Crippen molar-refractivity contribution in [2.45, 2.75) is 84.2 Å². The molecule has 0 aliphatic carbocycles. The van der Waals surface area contributed by atoms with Crippen LogP contribution >= 0.6 is 0 Å². The van der Waals surface area contributed by atoms with Crippen molar-refractivity contribution in [1.29, 1.82) is 0 Å². The Labute approximate surface area is 245 Å². The topological polar surface area (TPSA) is 74.2 Å². The number of unbranched alkanes of at least 4 members (excludes halogenated alkanes) is 3. The van der Waals surface area contributed by atoms with Crippen molar-refractivity contribution in [3.8, 4) is 23.0 Å². The van der Waals surface area contributed by atoms with E-state index in [1.54, 1.807) is 26.4 Å². The van der Waals surface area contributed by atoms with E-state index in [0.29, 0.717) is 30.3 Å². The normalized spacial score (nSPS) is 11.6. The van der Waals surface area contributed by atoms with Crippen LogP contribution in [0.3, 0.4) is 0 Å². The average Bonchev–Trinajstić information content (AvgIpc) is 3.00. The molecule has 0 amide bonds. The molecular formula is C35H46O6. The van der Waals surface area contributed by atoms with E-state index < -0.39 is 5.97 Å². The lowest BCUT2D eigenvalue weighted by Gasteiger charge is -2.21. The fraction of sp³-hybridized carbons (Fsp3) is 0.457. The van der Waals surface area contributed by atoms with E-state index in [1.165, 1.54) is 12.0 Å². The van der Waals surface area contributed by atoms with E-state index in [2.05, 4.69) is 13.0 Å². The van der Waals surface area contributed by atoms with Crippen LogP contribution in [-0.2, 0) is 17.8 Å². The molecule has 41 heavy (non-hydrogen) atoms. The molecule has 6 nitrogen and oxygen atoms in total. The van der Waals surface area contributed by atoms with Crippen LogP contribution in [0.5, 0.6) is 23.0 Å². The predicted octanol–water partition coefficient (Wildman–Crippen LogP) is 8.63. The van der Waals surface area contributed by atoms with Gasteiger partial charge in [-0.15, -0.1) is 0 Å². The minimum Gasteiger partial charge on any atom is -0.507 e. The number of carbonyl (C=O) groups is 1. The van der Waals surface area contributed by atoms with Gasteiger partial charge < -0.3 is 24.1 Å². The number of aromatic hydroxyl groups is 1. The lowest BCUT2D eigenvalue weighted by molar-refractivity contribution is 0.0469. The van der Waals surface area contributed by atoms with Crippen molar-refractivity contribution in [3.05, 3.63) is 82.9 Å². The molecule has 0 saturated carbocycles. The number of para-hydroxylation sites is 1. The second-order valence-electron chi connectivity index (χ2n) is 10.4. The van der Waals surface area contributed by atoms with Crippen LogP contribution in [0.15, 0.2) is 60.7 Å². The lowest BCUT2D eigenvalue weighted by atomic mass is 9.88. The molecule has 0 bridgehead atoms. The highest BCUT2D eigenvalue weighted by molar-refractivity contribution is 5.93. The van der Waals surface area contributed by atoms with Gasteiger partial charge in [-0.25, -0.2) is 4.79 Å². The number of methoxy groups -OCH3 is 2. The number of benzene rings is 3. The summed E-state index contributed by atoms with van der Waals surface area (Å²) in [6.45, 7) is 4.97. The Hall–Kier alpha value is -3.67. The first-order valence-electron chi connectivity index (χ1n) is 14.9. The van der Waals surface area contributed by atoms with E-state index in [4.69, 9.17) is 18.9 Å². The fourth-order valence-electron chi connectivity index (χ4n) is 5.20. The summed E-state index contributed by atoms with van der Waals surface area (Å²) in [5.74, 6) is 2.08. The molecule has 0 spiro atoms. The maximum absolute atomic E-state index is 12.7. The molecule has 0 heterocycles. The molecule has 0 saturated heterocycles. The Morgan fingerprint density at radius 1 is 0.805 bits per heavy atom.